The largest absolute Gasteiger partial charge is 0.493 e. The average molecular weight is 533 g/mol. The van der Waals surface area contributed by atoms with Gasteiger partial charge < -0.3 is 9.47 Å². The van der Waals surface area contributed by atoms with Gasteiger partial charge in [0.2, 0.25) is 5.13 Å². The second kappa shape index (κ2) is 10.9. The number of thiazole rings is 1. The molecule has 4 rings (SSSR count). The number of hydrogen-bond acceptors (Lipinski definition) is 7. The Kier molecular flexibility index (Phi) is 7.70. The van der Waals surface area contributed by atoms with Crippen molar-refractivity contribution in [2.45, 2.75) is 0 Å². The molecule has 0 saturated heterocycles. The van der Waals surface area contributed by atoms with Crippen molar-refractivity contribution in [1.82, 2.24) is 4.98 Å². The Hall–Kier alpha value is -3.10. The lowest BCUT2D eigenvalue weighted by atomic mass is 10.2. The molecule has 0 saturated carbocycles. The lowest BCUT2D eigenvalue weighted by Crippen LogP contribution is -2.09. The highest BCUT2D eigenvalue weighted by Gasteiger charge is 2.13. The third-order valence-electron chi connectivity index (χ3n) is 4.54. The average Bonchev–Trinajstić information content (AvgIpc) is 3.28. The fourth-order valence-electron chi connectivity index (χ4n) is 2.93. The zero-order valence-electron chi connectivity index (χ0n) is 17.6. The summed E-state index contributed by atoms with van der Waals surface area (Å²) in [6.07, 6.45) is 1.60. The number of hydrogen-bond donors (Lipinski definition) is 1. The summed E-state index contributed by atoms with van der Waals surface area (Å²) < 4.78 is 10.8. The number of benzene rings is 3. The van der Waals surface area contributed by atoms with E-state index in [1.54, 1.807) is 54.7 Å². The van der Waals surface area contributed by atoms with E-state index in [0.29, 0.717) is 31.5 Å². The van der Waals surface area contributed by atoms with Crippen LogP contribution in [0.2, 0.25) is 15.1 Å². The van der Waals surface area contributed by atoms with Crippen LogP contribution in [0.15, 0.2) is 71.1 Å². The number of esters is 1. The van der Waals surface area contributed by atoms with Gasteiger partial charge in [-0.15, -0.1) is 11.3 Å². The molecular weight excluding hydrogens is 517 g/mol. The van der Waals surface area contributed by atoms with Crippen LogP contribution in [0.3, 0.4) is 0 Å². The van der Waals surface area contributed by atoms with Crippen LogP contribution in [0.25, 0.3) is 11.3 Å². The molecule has 0 spiro atoms. The summed E-state index contributed by atoms with van der Waals surface area (Å²) in [5.41, 5.74) is 5.46. The predicted octanol–water partition coefficient (Wildman–Crippen LogP) is 7.44. The molecule has 0 unspecified atom stereocenters. The molecule has 172 valence electrons. The van der Waals surface area contributed by atoms with Gasteiger partial charge in [0.15, 0.2) is 11.5 Å². The number of nitrogens with zero attached hydrogens (tertiary/aromatic N) is 2. The molecular formula is C24H16Cl3N3O3S. The number of anilines is 1. The van der Waals surface area contributed by atoms with Gasteiger partial charge in [0.05, 0.1) is 29.6 Å². The van der Waals surface area contributed by atoms with Gasteiger partial charge in [0, 0.05) is 21.0 Å². The summed E-state index contributed by atoms with van der Waals surface area (Å²) in [6, 6.07) is 16.8. The molecule has 1 N–H and O–H groups in total. The molecule has 6 nitrogen and oxygen atoms in total. The van der Waals surface area contributed by atoms with Crippen molar-refractivity contribution in [2.24, 2.45) is 5.10 Å². The third kappa shape index (κ3) is 5.87. The number of rotatable bonds is 7. The summed E-state index contributed by atoms with van der Waals surface area (Å²) in [5.74, 6) is 0.125. The minimum Gasteiger partial charge on any atom is -0.493 e. The zero-order chi connectivity index (χ0) is 24.1. The highest BCUT2D eigenvalue weighted by molar-refractivity contribution is 7.14. The molecule has 34 heavy (non-hydrogen) atoms. The number of carbonyl (C=O) groups is 1. The van der Waals surface area contributed by atoms with Gasteiger partial charge in [0.1, 0.15) is 0 Å². The standard InChI is InChI=1S/C24H16Cl3N3O3S/c1-32-22-9-14(5-8-21(22)33-23(31)15-3-2-4-16(25)10-15)12-28-30-24-29-20(13-34-24)18-7-6-17(26)11-19(18)27/h2-13H,1H3,(H,29,30)/b28-12-. The summed E-state index contributed by atoms with van der Waals surface area (Å²) >= 11 is 19.5. The minimum atomic E-state index is -0.538. The van der Waals surface area contributed by atoms with Crippen LogP contribution in [0.4, 0.5) is 5.13 Å². The maximum absolute atomic E-state index is 12.4. The Morgan fingerprint density at radius 3 is 2.62 bits per heavy atom. The van der Waals surface area contributed by atoms with Gasteiger partial charge in [-0.05, 0) is 60.2 Å². The number of hydrazone groups is 1. The van der Waals surface area contributed by atoms with Crippen LogP contribution in [0, 0.1) is 0 Å². The first-order chi connectivity index (χ1) is 16.4. The first-order valence-corrected chi connectivity index (χ1v) is 11.8. The summed E-state index contributed by atoms with van der Waals surface area (Å²) in [4.78, 5) is 16.9. The SMILES string of the molecule is COc1cc(/C=N\Nc2nc(-c3ccc(Cl)cc3Cl)cs2)ccc1OC(=O)c1cccc(Cl)c1. The Bertz CT molecular complexity index is 1370. The van der Waals surface area contributed by atoms with E-state index in [4.69, 9.17) is 44.3 Å². The van der Waals surface area contributed by atoms with Gasteiger partial charge in [-0.1, -0.05) is 40.9 Å². The molecule has 10 heteroatoms. The van der Waals surface area contributed by atoms with Crippen molar-refractivity contribution < 1.29 is 14.3 Å². The Labute approximate surface area is 214 Å². The molecule has 4 aromatic rings. The number of methoxy groups -OCH3 is 1. The molecule has 0 fully saturated rings. The molecule has 0 aliphatic heterocycles. The number of aromatic nitrogens is 1. The molecule has 0 amide bonds. The highest BCUT2D eigenvalue weighted by atomic mass is 35.5. The quantitative estimate of drug-likeness (QED) is 0.116. The van der Waals surface area contributed by atoms with E-state index in [9.17, 15) is 4.79 Å². The van der Waals surface area contributed by atoms with Crippen molar-refractivity contribution in [3.8, 4) is 22.8 Å². The van der Waals surface area contributed by atoms with Crippen molar-refractivity contribution in [3.63, 3.8) is 0 Å². The molecule has 0 radical (unpaired) electrons. The monoisotopic (exact) mass is 531 g/mol. The molecule has 1 aromatic heterocycles. The zero-order valence-corrected chi connectivity index (χ0v) is 20.7. The third-order valence-corrected chi connectivity index (χ3v) is 6.07. The van der Waals surface area contributed by atoms with E-state index in [-0.39, 0.29) is 5.75 Å². The fraction of sp³-hybridized carbons (Fsp3) is 0.0417. The first-order valence-electron chi connectivity index (χ1n) is 9.79. The molecule has 0 aliphatic carbocycles. The topological polar surface area (TPSA) is 72.8 Å². The van der Waals surface area contributed by atoms with Crippen LogP contribution in [-0.2, 0) is 0 Å². The van der Waals surface area contributed by atoms with Crippen LogP contribution in [-0.4, -0.2) is 24.3 Å². The van der Waals surface area contributed by atoms with Gasteiger partial charge in [-0.2, -0.15) is 5.10 Å². The van der Waals surface area contributed by atoms with E-state index < -0.39 is 5.97 Å². The van der Waals surface area contributed by atoms with Crippen molar-refractivity contribution in [3.05, 3.63) is 92.2 Å². The van der Waals surface area contributed by atoms with Crippen molar-refractivity contribution in [2.75, 3.05) is 12.5 Å². The van der Waals surface area contributed by atoms with Gasteiger partial charge in [-0.25, -0.2) is 9.78 Å². The van der Waals surface area contributed by atoms with Crippen LogP contribution >= 0.6 is 46.1 Å². The normalized spacial score (nSPS) is 10.9. The van der Waals surface area contributed by atoms with E-state index in [2.05, 4.69) is 15.5 Å². The lowest BCUT2D eigenvalue weighted by molar-refractivity contribution is 0.0729. The van der Waals surface area contributed by atoms with E-state index in [0.717, 1.165) is 16.8 Å². The summed E-state index contributed by atoms with van der Waals surface area (Å²) in [6.45, 7) is 0. The highest BCUT2D eigenvalue weighted by Crippen LogP contribution is 2.32. The summed E-state index contributed by atoms with van der Waals surface area (Å²) in [7, 11) is 1.49. The molecule has 1 heterocycles. The maximum Gasteiger partial charge on any atom is 0.343 e. The van der Waals surface area contributed by atoms with Crippen LogP contribution < -0.4 is 14.9 Å². The smallest absolute Gasteiger partial charge is 0.343 e. The summed E-state index contributed by atoms with van der Waals surface area (Å²) in [5, 5.41) is 8.22. The van der Waals surface area contributed by atoms with Crippen LogP contribution in [0.5, 0.6) is 11.5 Å². The van der Waals surface area contributed by atoms with Crippen molar-refractivity contribution >= 4 is 63.5 Å². The van der Waals surface area contributed by atoms with E-state index in [1.165, 1.54) is 24.5 Å². The van der Waals surface area contributed by atoms with Crippen molar-refractivity contribution in [1.29, 1.82) is 0 Å². The number of halogens is 3. The van der Waals surface area contributed by atoms with E-state index in [1.807, 2.05) is 11.4 Å². The predicted molar refractivity (Wildman–Crippen MR) is 138 cm³/mol. The van der Waals surface area contributed by atoms with E-state index >= 15 is 0 Å². The number of ether oxygens (including phenoxy) is 2. The maximum atomic E-state index is 12.4. The van der Waals surface area contributed by atoms with Crippen LogP contribution in [0.1, 0.15) is 15.9 Å². The van der Waals surface area contributed by atoms with Gasteiger partial charge in [-0.3, -0.25) is 5.43 Å². The molecule has 0 atom stereocenters. The number of carbonyl (C=O) groups excluding carboxylic acids is 1. The Morgan fingerprint density at radius 1 is 1.03 bits per heavy atom. The fourth-order valence-corrected chi connectivity index (χ4v) is 4.29. The Morgan fingerprint density at radius 2 is 1.85 bits per heavy atom. The molecule has 0 aliphatic rings. The van der Waals surface area contributed by atoms with Gasteiger partial charge >= 0.3 is 5.97 Å². The molecule has 3 aromatic carbocycles. The first kappa shape index (κ1) is 24.0. The minimum absolute atomic E-state index is 0.280. The second-order valence-electron chi connectivity index (χ2n) is 6.84. The second-order valence-corrected chi connectivity index (χ2v) is 8.98. The van der Waals surface area contributed by atoms with Gasteiger partial charge in [0.25, 0.3) is 0 Å². The number of nitrogens with one attached hydrogen (secondary N) is 1. The molecule has 0 bridgehead atoms. The lowest BCUT2D eigenvalue weighted by Gasteiger charge is -2.10. The Balaban J connectivity index is 1.43.